The molecule has 0 aliphatic carbocycles. The number of anilines is 1. The smallest absolute Gasteiger partial charge is 0.244 e. The summed E-state index contributed by atoms with van der Waals surface area (Å²) in [5.74, 6) is -0.782. The first-order chi connectivity index (χ1) is 8.28. The Balaban J connectivity index is 3.29. The maximum atomic E-state index is 12.1. The Morgan fingerprint density at radius 1 is 1.50 bits per heavy atom. The van der Waals surface area contributed by atoms with Crippen molar-refractivity contribution in [2.24, 2.45) is 5.73 Å². The number of carbonyl (C=O) groups is 1. The van der Waals surface area contributed by atoms with Gasteiger partial charge in [-0.2, -0.15) is 9.57 Å². The lowest BCUT2D eigenvalue weighted by Gasteiger charge is -2.16. The minimum atomic E-state index is -3.94. The summed E-state index contributed by atoms with van der Waals surface area (Å²) in [4.78, 5) is 10.5. The van der Waals surface area contributed by atoms with Gasteiger partial charge in [0.05, 0.1) is 12.1 Å². The number of nitrogen functional groups attached to an aromatic ring is 1. The molecule has 0 heterocycles. The van der Waals surface area contributed by atoms with Crippen LogP contribution in [-0.2, 0) is 14.8 Å². The lowest BCUT2D eigenvalue weighted by atomic mass is 10.2. The van der Waals surface area contributed by atoms with Crippen LogP contribution in [0.5, 0.6) is 0 Å². The number of rotatable bonds is 4. The fourth-order valence-corrected chi connectivity index (χ4v) is 2.59. The third-order valence-electron chi connectivity index (χ3n) is 2.19. The van der Waals surface area contributed by atoms with E-state index in [1.807, 2.05) is 0 Å². The summed E-state index contributed by atoms with van der Waals surface area (Å²) < 4.78 is 24.9. The van der Waals surface area contributed by atoms with Gasteiger partial charge in [-0.3, -0.25) is 4.79 Å². The molecular formula is C10H12N4O3S. The van der Waals surface area contributed by atoms with Crippen LogP contribution in [0.25, 0.3) is 0 Å². The largest absolute Gasteiger partial charge is 0.399 e. The van der Waals surface area contributed by atoms with E-state index in [0.29, 0.717) is 0 Å². The molecule has 0 saturated heterocycles. The standard InChI is InChI=1S/C10H12N4O3S/c1-14(6-10(13)15)18(16,17)9-3-2-8(12)4-7(9)5-11/h2-4H,6,12H2,1H3,(H2,13,15). The Hall–Kier alpha value is -2.11. The Bertz CT molecular complexity index is 619. The lowest BCUT2D eigenvalue weighted by molar-refractivity contribution is -0.118. The molecule has 1 rings (SSSR count). The molecule has 1 aromatic carbocycles. The summed E-state index contributed by atoms with van der Waals surface area (Å²) in [5, 5.41) is 8.89. The zero-order chi connectivity index (χ0) is 13.9. The molecule has 0 aliphatic heterocycles. The van der Waals surface area contributed by atoms with Crippen molar-refractivity contribution in [1.29, 1.82) is 5.26 Å². The van der Waals surface area contributed by atoms with E-state index in [1.54, 1.807) is 6.07 Å². The number of nitrogens with two attached hydrogens (primary N) is 2. The highest BCUT2D eigenvalue weighted by Crippen LogP contribution is 2.20. The number of hydrogen-bond donors (Lipinski definition) is 2. The summed E-state index contributed by atoms with van der Waals surface area (Å²) in [7, 11) is -2.73. The molecule has 0 aromatic heterocycles. The fraction of sp³-hybridized carbons (Fsp3) is 0.200. The molecule has 0 spiro atoms. The highest BCUT2D eigenvalue weighted by atomic mass is 32.2. The van der Waals surface area contributed by atoms with Gasteiger partial charge in [0.2, 0.25) is 15.9 Å². The third kappa shape index (κ3) is 2.77. The van der Waals surface area contributed by atoms with Crippen LogP contribution in [-0.4, -0.2) is 32.2 Å². The summed E-state index contributed by atoms with van der Waals surface area (Å²) in [6.07, 6.45) is 0. The fourth-order valence-electron chi connectivity index (χ4n) is 1.33. The van der Waals surface area contributed by atoms with Gasteiger partial charge in [0, 0.05) is 12.7 Å². The molecule has 96 valence electrons. The summed E-state index contributed by atoms with van der Waals surface area (Å²) >= 11 is 0. The van der Waals surface area contributed by atoms with E-state index in [9.17, 15) is 13.2 Å². The van der Waals surface area contributed by atoms with Gasteiger partial charge in [-0.15, -0.1) is 0 Å². The number of primary amides is 1. The minimum Gasteiger partial charge on any atom is -0.399 e. The van der Waals surface area contributed by atoms with E-state index >= 15 is 0 Å². The van der Waals surface area contributed by atoms with E-state index < -0.39 is 22.5 Å². The van der Waals surface area contributed by atoms with Crippen molar-refractivity contribution in [2.75, 3.05) is 19.3 Å². The number of likely N-dealkylation sites (N-methyl/N-ethyl adjacent to an activating group) is 1. The molecular weight excluding hydrogens is 256 g/mol. The molecule has 1 amide bonds. The predicted octanol–water partition coefficient (Wildman–Crippen LogP) is -0.754. The van der Waals surface area contributed by atoms with Crippen LogP contribution >= 0.6 is 0 Å². The maximum absolute atomic E-state index is 12.1. The van der Waals surface area contributed by atoms with E-state index in [1.165, 1.54) is 25.2 Å². The first-order valence-electron chi connectivity index (χ1n) is 4.83. The van der Waals surface area contributed by atoms with Crippen LogP contribution in [0, 0.1) is 11.3 Å². The van der Waals surface area contributed by atoms with Crippen molar-refractivity contribution >= 4 is 21.6 Å². The number of amides is 1. The molecule has 0 aliphatic rings. The number of carbonyl (C=O) groups excluding carboxylic acids is 1. The van der Waals surface area contributed by atoms with E-state index in [-0.39, 0.29) is 16.1 Å². The molecule has 0 unspecified atom stereocenters. The Morgan fingerprint density at radius 2 is 2.11 bits per heavy atom. The first-order valence-corrected chi connectivity index (χ1v) is 6.27. The summed E-state index contributed by atoms with van der Waals surface area (Å²) in [6, 6.07) is 5.59. The van der Waals surface area contributed by atoms with E-state index in [2.05, 4.69) is 0 Å². The van der Waals surface area contributed by atoms with Crippen molar-refractivity contribution in [3.63, 3.8) is 0 Å². The van der Waals surface area contributed by atoms with Crippen LogP contribution in [0.1, 0.15) is 5.56 Å². The SMILES string of the molecule is CN(CC(N)=O)S(=O)(=O)c1ccc(N)cc1C#N. The van der Waals surface area contributed by atoms with E-state index in [4.69, 9.17) is 16.7 Å². The molecule has 4 N–H and O–H groups in total. The molecule has 7 nitrogen and oxygen atoms in total. The normalized spacial score (nSPS) is 11.2. The number of nitriles is 1. The van der Waals surface area contributed by atoms with E-state index in [0.717, 1.165) is 4.31 Å². The minimum absolute atomic E-state index is 0.0775. The van der Waals surface area contributed by atoms with Crippen LogP contribution in [0.3, 0.4) is 0 Å². The van der Waals surface area contributed by atoms with Crippen LogP contribution in [0.2, 0.25) is 0 Å². The van der Waals surface area contributed by atoms with Crippen LogP contribution in [0.15, 0.2) is 23.1 Å². The number of benzene rings is 1. The van der Waals surface area contributed by atoms with Crippen molar-refractivity contribution in [2.45, 2.75) is 4.90 Å². The van der Waals surface area contributed by atoms with Gasteiger partial charge in [-0.05, 0) is 18.2 Å². The molecule has 0 radical (unpaired) electrons. The second kappa shape index (κ2) is 5.03. The molecule has 0 atom stereocenters. The highest BCUT2D eigenvalue weighted by Gasteiger charge is 2.25. The third-order valence-corrected chi connectivity index (χ3v) is 4.05. The van der Waals surface area contributed by atoms with Gasteiger partial charge in [-0.1, -0.05) is 0 Å². The second-order valence-corrected chi connectivity index (χ2v) is 5.61. The molecule has 8 heteroatoms. The average molecular weight is 268 g/mol. The number of nitrogens with zero attached hydrogens (tertiary/aromatic N) is 2. The Labute approximate surface area is 105 Å². The highest BCUT2D eigenvalue weighted by molar-refractivity contribution is 7.89. The Morgan fingerprint density at radius 3 is 2.61 bits per heavy atom. The summed E-state index contributed by atoms with van der Waals surface area (Å²) in [5.41, 5.74) is 10.6. The number of sulfonamides is 1. The lowest BCUT2D eigenvalue weighted by Crippen LogP contribution is -2.35. The Kier molecular flexibility index (Phi) is 3.90. The van der Waals surface area contributed by atoms with Gasteiger partial charge in [-0.25, -0.2) is 8.42 Å². The van der Waals surface area contributed by atoms with Crippen molar-refractivity contribution < 1.29 is 13.2 Å². The van der Waals surface area contributed by atoms with Crippen molar-refractivity contribution in [1.82, 2.24) is 4.31 Å². The molecule has 18 heavy (non-hydrogen) atoms. The monoisotopic (exact) mass is 268 g/mol. The van der Waals surface area contributed by atoms with Crippen molar-refractivity contribution in [3.8, 4) is 6.07 Å². The zero-order valence-corrected chi connectivity index (χ0v) is 10.4. The van der Waals surface area contributed by atoms with Gasteiger partial charge in [0.15, 0.2) is 0 Å². The molecule has 0 saturated carbocycles. The first kappa shape index (κ1) is 14.0. The van der Waals surface area contributed by atoms with Gasteiger partial charge in [0.25, 0.3) is 0 Å². The molecule has 0 bridgehead atoms. The van der Waals surface area contributed by atoms with Gasteiger partial charge >= 0.3 is 0 Å². The topological polar surface area (TPSA) is 130 Å². The predicted molar refractivity (Wildman–Crippen MR) is 64.6 cm³/mol. The second-order valence-electron chi connectivity index (χ2n) is 3.59. The summed E-state index contributed by atoms with van der Waals surface area (Å²) in [6.45, 7) is -0.461. The quantitative estimate of drug-likeness (QED) is 0.693. The van der Waals surface area contributed by atoms with Crippen molar-refractivity contribution in [3.05, 3.63) is 23.8 Å². The molecule has 1 aromatic rings. The average Bonchev–Trinajstić information content (AvgIpc) is 2.27. The maximum Gasteiger partial charge on any atom is 0.244 e. The van der Waals surface area contributed by atoms with Gasteiger partial charge in [0.1, 0.15) is 11.0 Å². The van der Waals surface area contributed by atoms with Gasteiger partial charge < -0.3 is 11.5 Å². The van der Waals surface area contributed by atoms with Crippen LogP contribution in [0.4, 0.5) is 5.69 Å². The molecule has 0 fully saturated rings. The zero-order valence-electron chi connectivity index (χ0n) is 9.62. The number of hydrogen-bond acceptors (Lipinski definition) is 5. The van der Waals surface area contributed by atoms with Crippen LogP contribution < -0.4 is 11.5 Å².